The summed E-state index contributed by atoms with van der Waals surface area (Å²) in [6, 6.07) is 5.70. The maximum atomic E-state index is 11.5. The normalized spacial score (nSPS) is 24.8. The minimum atomic E-state index is -0.890. The Kier molecular flexibility index (Phi) is 6.12. The number of likely N-dealkylation sites (tertiary alicyclic amines) is 1. The van der Waals surface area contributed by atoms with Gasteiger partial charge in [-0.1, -0.05) is 6.07 Å². The van der Waals surface area contributed by atoms with E-state index in [0.29, 0.717) is 24.4 Å². The Morgan fingerprint density at radius 3 is 2.97 bits per heavy atom. The summed E-state index contributed by atoms with van der Waals surface area (Å²) in [5.41, 5.74) is 6.27. The number of methoxy groups -OCH3 is 2. The topological polar surface area (TPSA) is 95.8 Å². The van der Waals surface area contributed by atoms with Gasteiger partial charge in [0.1, 0.15) is 23.4 Å². The van der Waals surface area contributed by atoms with Crippen LogP contribution in [-0.4, -0.2) is 59.0 Å². The molecular weight excluding hydrogens is 466 g/mol. The van der Waals surface area contributed by atoms with E-state index in [0.717, 1.165) is 41.3 Å². The molecule has 0 radical (unpaired) electrons. The molecule has 2 N–H and O–H groups in total. The molecule has 1 aromatic rings. The maximum absolute atomic E-state index is 11.5. The number of rotatable bonds is 6. The van der Waals surface area contributed by atoms with Crippen molar-refractivity contribution in [1.29, 1.82) is 0 Å². The van der Waals surface area contributed by atoms with E-state index in [1.165, 1.54) is 4.90 Å². The Hall–Kier alpha value is -2.69. The number of amides is 1. The Morgan fingerprint density at radius 2 is 2.23 bits per heavy atom. The highest BCUT2D eigenvalue weighted by molar-refractivity contribution is 9.18. The number of halogens is 1. The first kappa shape index (κ1) is 21.5. The molecule has 31 heavy (non-hydrogen) atoms. The summed E-state index contributed by atoms with van der Waals surface area (Å²) >= 11 is 3.64. The molecule has 3 aliphatic rings. The molecule has 1 saturated heterocycles. The number of quaternary nitrogens is 1. The Labute approximate surface area is 189 Å². The van der Waals surface area contributed by atoms with E-state index >= 15 is 0 Å². The molecule has 0 saturated carbocycles. The van der Waals surface area contributed by atoms with E-state index in [-0.39, 0.29) is 10.5 Å². The van der Waals surface area contributed by atoms with Crippen molar-refractivity contribution in [1.82, 2.24) is 10.3 Å². The van der Waals surface area contributed by atoms with Gasteiger partial charge in [0.05, 0.1) is 33.2 Å². The highest BCUT2D eigenvalue weighted by atomic mass is 79.9. The van der Waals surface area contributed by atoms with Crippen molar-refractivity contribution in [3.05, 3.63) is 47.6 Å². The fourth-order valence-electron chi connectivity index (χ4n) is 4.15. The average Bonchev–Trinajstić information content (AvgIpc) is 3.10. The van der Waals surface area contributed by atoms with Gasteiger partial charge in [0.25, 0.3) is 0 Å². The number of carboxylic acid groups (broad SMARTS) is 1. The molecule has 3 aliphatic heterocycles. The van der Waals surface area contributed by atoms with Crippen LogP contribution in [0.4, 0.5) is 4.79 Å². The maximum Gasteiger partial charge on any atom is 0.407 e. The minimum Gasteiger partial charge on any atom is -0.497 e. The van der Waals surface area contributed by atoms with Gasteiger partial charge in [-0.3, -0.25) is 4.99 Å². The molecule has 4 rings (SSSR count). The van der Waals surface area contributed by atoms with Gasteiger partial charge in [-0.15, -0.1) is 10.0 Å². The Bertz CT molecular complexity index is 1010. The third-order valence-corrected chi connectivity index (χ3v) is 6.55. The van der Waals surface area contributed by atoms with Crippen LogP contribution in [0.5, 0.6) is 11.5 Å². The highest BCUT2D eigenvalue weighted by Gasteiger charge is 2.47. The second-order valence-corrected chi connectivity index (χ2v) is 8.24. The molecule has 0 spiro atoms. The fraction of sp³-hybridized carbons (Fsp3) is 0.381. The van der Waals surface area contributed by atoms with Gasteiger partial charge in [-0.05, 0) is 18.9 Å². The molecule has 2 atom stereocenters. The van der Waals surface area contributed by atoms with Crippen LogP contribution in [0.15, 0.2) is 52.0 Å². The first-order valence-electron chi connectivity index (χ1n) is 10.0. The van der Waals surface area contributed by atoms with Crippen molar-refractivity contribution >= 4 is 33.0 Å². The van der Waals surface area contributed by atoms with Crippen molar-refractivity contribution in [3.63, 3.8) is 0 Å². The van der Waals surface area contributed by atoms with Crippen LogP contribution in [0.2, 0.25) is 0 Å². The molecular formula is C21H25BrN5O4+. The van der Waals surface area contributed by atoms with Crippen molar-refractivity contribution in [3.8, 4) is 11.5 Å². The van der Waals surface area contributed by atoms with Crippen LogP contribution in [0.25, 0.3) is 0 Å². The van der Waals surface area contributed by atoms with Crippen LogP contribution < -0.4 is 14.9 Å². The summed E-state index contributed by atoms with van der Waals surface area (Å²) < 4.78 is 11.7. The lowest BCUT2D eigenvalue weighted by molar-refractivity contribution is -0.787. The van der Waals surface area contributed by atoms with Crippen LogP contribution in [-0.2, 0) is 6.54 Å². The van der Waals surface area contributed by atoms with E-state index < -0.39 is 6.09 Å². The lowest BCUT2D eigenvalue weighted by Gasteiger charge is -2.32. The molecule has 0 bridgehead atoms. The molecule has 164 valence electrons. The molecule has 3 heterocycles. The third kappa shape index (κ3) is 3.98. The number of piperidine rings is 1. The lowest BCUT2D eigenvalue weighted by atomic mass is 9.94. The van der Waals surface area contributed by atoms with Crippen molar-refractivity contribution in [2.45, 2.75) is 19.4 Å². The molecule has 0 aromatic heterocycles. The molecule has 9 nitrogen and oxygen atoms in total. The van der Waals surface area contributed by atoms with Crippen LogP contribution in [0.3, 0.4) is 0 Å². The summed E-state index contributed by atoms with van der Waals surface area (Å²) in [6.45, 7) is 1.49. The molecule has 10 heteroatoms. The summed E-state index contributed by atoms with van der Waals surface area (Å²) in [7, 11) is 3.25. The van der Waals surface area contributed by atoms with Gasteiger partial charge in [0.15, 0.2) is 0 Å². The van der Waals surface area contributed by atoms with E-state index in [9.17, 15) is 9.90 Å². The van der Waals surface area contributed by atoms with E-state index in [4.69, 9.17) is 14.5 Å². The van der Waals surface area contributed by atoms with Crippen LogP contribution >= 0.6 is 15.9 Å². The van der Waals surface area contributed by atoms with Crippen LogP contribution in [0.1, 0.15) is 18.4 Å². The molecule has 1 amide bonds. The minimum absolute atomic E-state index is 0.0164. The van der Waals surface area contributed by atoms with Gasteiger partial charge in [-0.2, -0.15) is 4.99 Å². The number of hydrogen-bond acceptors (Lipinski definition) is 6. The van der Waals surface area contributed by atoms with Crippen molar-refractivity contribution < 1.29 is 24.0 Å². The predicted molar refractivity (Wildman–Crippen MR) is 120 cm³/mol. The number of nitrogens with one attached hydrogen (secondary N) is 1. The van der Waals surface area contributed by atoms with Gasteiger partial charge in [-0.25, -0.2) is 4.79 Å². The first-order valence-corrected chi connectivity index (χ1v) is 10.8. The monoisotopic (exact) mass is 490 g/mol. The number of hydrogen-bond donors (Lipinski definition) is 2. The first-order chi connectivity index (χ1) is 15.0. The van der Waals surface area contributed by atoms with Gasteiger partial charge in [0.2, 0.25) is 5.70 Å². The van der Waals surface area contributed by atoms with Crippen molar-refractivity contribution in [2.24, 2.45) is 15.9 Å². The van der Waals surface area contributed by atoms with Gasteiger partial charge >= 0.3 is 10.8 Å². The summed E-state index contributed by atoms with van der Waals surface area (Å²) in [6.07, 6.45) is 6.25. The number of benzene rings is 1. The SMILES string of the molecule is COc1ccc(CN[N+]23C=CN=CC2=C(C2CCCN(C(=O)O)C2)N=C3Br)c(OC)c1. The Morgan fingerprint density at radius 1 is 1.39 bits per heavy atom. The number of fused-ring (bicyclic) bond motifs is 1. The van der Waals surface area contributed by atoms with Gasteiger partial charge in [0, 0.05) is 46.6 Å². The van der Waals surface area contributed by atoms with E-state index in [1.54, 1.807) is 26.6 Å². The molecule has 1 fully saturated rings. The number of nitrogens with zero attached hydrogens (tertiary/aromatic N) is 4. The van der Waals surface area contributed by atoms with Crippen molar-refractivity contribution in [2.75, 3.05) is 27.3 Å². The molecule has 0 aliphatic carbocycles. The average molecular weight is 491 g/mol. The molecule has 2 unspecified atom stereocenters. The zero-order chi connectivity index (χ0) is 22.0. The number of amidine groups is 1. The Balaban J connectivity index is 1.62. The number of carbonyl (C=O) groups is 1. The summed E-state index contributed by atoms with van der Waals surface area (Å²) in [4.78, 5) is 22.1. The third-order valence-electron chi connectivity index (χ3n) is 5.81. The fourth-order valence-corrected chi connectivity index (χ4v) is 4.78. The van der Waals surface area contributed by atoms with E-state index in [2.05, 4.69) is 26.3 Å². The quantitative estimate of drug-likeness (QED) is 0.470. The van der Waals surface area contributed by atoms with Gasteiger partial charge < -0.3 is 19.5 Å². The summed E-state index contributed by atoms with van der Waals surface area (Å²) in [5, 5.41) is 9.42. The zero-order valence-corrected chi connectivity index (χ0v) is 19.0. The second-order valence-electron chi connectivity index (χ2n) is 7.53. The number of ether oxygens (including phenoxy) is 2. The number of aliphatic imine (C=N–C) groups is 2. The standard InChI is InChI=1S/C21H24BrN5O4/c1-30-16-6-5-14(18(10-16)31-2)11-24-27-9-7-23-12-17(27)19(25-20(27)22)15-4-3-8-26(13-15)21(28)29/h5-7,9-10,12,15,24H,3-4,8,11,13H2,1-2H3/p+1. The lowest BCUT2D eigenvalue weighted by Crippen LogP contribution is -2.54. The largest absolute Gasteiger partial charge is 0.497 e. The second kappa shape index (κ2) is 8.81. The molecule has 1 aromatic carbocycles. The summed E-state index contributed by atoms with van der Waals surface area (Å²) in [5.74, 6) is 1.47. The predicted octanol–water partition coefficient (Wildman–Crippen LogP) is 3.45. The smallest absolute Gasteiger partial charge is 0.407 e. The highest BCUT2D eigenvalue weighted by Crippen LogP contribution is 2.38. The number of allylic oxidation sites excluding steroid dienone is 1. The zero-order valence-electron chi connectivity index (χ0n) is 17.4. The van der Waals surface area contributed by atoms with E-state index in [1.807, 2.05) is 24.4 Å². The van der Waals surface area contributed by atoms with Crippen LogP contribution in [0, 0.1) is 5.92 Å².